The average molecular weight is 284 g/mol. The number of carbonyl (C=O) groups excluding carboxylic acids is 1. The molecule has 0 aliphatic rings. The van der Waals surface area contributed by atoms with Gasteiger partial charge in [0.15, 0.2) is 6.10 Å². The molecular weight excluding hydrogens is 264 g/mol. The van der Waals surface area contributed by atoms with Gasteiger partial charge in [-0.25, -0.2) is 9.59 Å². The normalized spacial score (nSPS) is 11.9. The fourth-order valence-corrected chi connectivity index (χ4v) is 1.62. The second kappa shape index (κ2) is 8.16. The number of aliphatic hydroxyl groups excluding tert-OH is 1. The van der Waals surface area contributed by atoms with Crippen LogP contribution in [0.3, 0.4) is 0 Å². The van der Waals surface area contributed by atoms with E-state index in [9.17, 15) is 9.59 Å². The zero-order valence-corrected chi connectivity index (χ0v) is 11.3. The molecule has 5 N–H and O–H groups in total. The number of hydrogen-bond donors (Lipinski definition) is 5. The van der Waals surface area contributed by atoms with Crippen molar-refractivity contribution in [3.8, 4) is 0 Å². The van der Waals surface area contributed by atoms with Gasteiger partial charge in [-0.2, -0.15) is 5.10 Å². The van der Waals surface area contributed by atoms with Crippen LogP contribution in [0.1, 0.15) is 24.1 Å². The number of nitrogens with zero attached hydrogens (tertiary/aromatic N) is 1. The standard InChI is InChI=1S/C12H20N4O4/c1-8-9(7-15-16-8)3-2-5-13-12(20)14-6-4-10(17)11(18)19/h7,10,17H,2-6H2,1H3,(H,15,16)(H,18,19)(H2,13,14,20). The van der Waals surface area contributed by atoms with Crippen molar-refractivity contribution in [2.24, 2.45) is 0 Å². The molecule has 0 fully saturated rings. The Kier molecular flexibility index (Phi) is 6.51. The Labute approximate surface area is 116 Å². The lowest BCUT2D eigenvalue weighted by Gasteiger charge is -2.08. The first-order valence-corrected chi connectivity index (χ1v) is 6.42. The van der Waals surface area contributed by atoms with Crippen LogP contribution in [0.25, 0.3) is 0 Å². The maximum atomic E-state index is 11.4. The molecule has 2 amide bonds. The molecule has 1 atom stereocenters. The highest BCUT2D eigenvalue weighted by Crippen LogP contribution is 2.04. The zero-order chi connectivity index (χ0) is 15.0. The van der Waals surface area contributed by atoms with Crippen molar-refractivity contribution < 1.29 is 19.8 Å². The summed E-state index contributed by atoms with van der Waals surface area (Å²) in [7, 11) is 0. The van der Waals surface area contributed by atoms with Crippen molar-refractivity contribution >= 4 is 12.0 Å². The van der Waals surface area contributed by atoms with E-state index in [-0.39, 0.29) is 19.0 Å². The largest absolute Gasteiger partial charge is 0.479 e. The first-order valence-electron chi connectivity index (χ1n) is 6.42. The molecule has 8 heteroatoms. The number of carboxylic acids is 1. The fourth-order valence-electron chi connectivity index (χ4n) is 1.62. The Balaban J connectivity index is 2.06. The molecule has 0 bridgehead atoms. The van der Waals surface area contributed by atoms with E-state index in [1.165, 1.54) is 0 Å². The van der Waals surface area contributed by atoms with Crippen molar-refractivity contribution in [3.05, 3.63) is 17.5 Å². The quantitative estimate of drug-likeness (QED) is 0.422. The van der Waals surface area contributed by atoms with Crippen LogP contribution in [0.15, 0.2) is 6.20 Å². The minimum Gasteiger partial charge on any atom is -0.479 e. The van der Waals surface area contributed by atoms with Gasteiger partial charge in [0.25, 0.3) is 0 Å². The third kappa shape index (κ3) is 5.70. The van der Waals surface area contributed by atoms with Crippen LogP contribution in [0, 0.1) is 6.92 Å². The first-order chi connectivity index (χ1) is 9.50. The summed E-state index contributed by atoms with van der Waals surface area (Å²) in [6.45, 7) is 2.56. The van der Waals surface area contributed by atoms with Crippen LogP contribution >= 0.6 is 0 Å². The van der Waals surface area contributed by atoms with Gasteiger partial charge in [-0.3, -0.25) is 5.10 Å². The Hall–Kier alpha value is -2.09. The number of carboxylic acid groups (broad SMARTS) is 1. The molecule has 0 aromatic carbocycles. The molecule has 8 nitrogen and oxygen atoms in total. The first kappa shape index (κ1) is 16.0. The van der Waals surface area contributed by atoms with Crippen molar-refractivity contribution in [3.63, 3.8) is 0 Å². The SMILES string of the molecule is Cc1[nH]ncc1CCCNC(=O)NCCC(O)C(=O)O. The highest BCUT2D eigenvalue weighted by atomic mass is 16.4. The van der Waals surface area contributed by atoms with Crippen LogP contribution < -0.4 is 10.6 Å². The minimum atomic E-state index is -1.45. The number of urea groups is 1. The molecule has 1 aromatic heterocycles. The molecule has 0 aliphatic carbocycles. The third-order valence-electron chi connectivity index (χ3n) is 2.83. The predicted molar refractivity (Wildman–Crippen MR) is 71.3 cm³/mol. The van der Waals surface area contributed by atoms with Crippen LogP contribution in [0.2, 0.25) is 0 Å². The number of amides is 2. The van der Waals surface area contributed by atoms with Crippen molar-refractivity contribution in [1.29, 1.82) is 0 Å². The van der Waals surface area contributed by atoms with Gasteiger partial charge < -0.3 is 20.8 Å². The number of hydrogen-bond acceptors (Lipinski definition) is 4. The van der Waals surface area contributed by atoms with E-state index in [1.807, 2.05) is 6.92 Å². The summed E-state index contributed by atoms with van der Waals surface area (Å²) in [4.78, 5) is 21.7. The second-order valence-electron chi connectivity index (χ2n) is 4.45. The Bertz CT molecular complexity index is 446. The lowest BCUT2D eigenvalue weighted by Crippen LogP contribution is -2.38. The van der Waals surface area contributed by atoms with E-state index < -0.39 is 12.1 Å². The molecule has 1 aromatic rings. The summed E-state index contributed by atoms with van der Waals surface area (Å²) in [6, 6.07) is -0.369. The summed E-state index contributed by atoms with van der Waals surface area (Å²) in [5.74, 6) is -1.29. The van der Waals surface area contributed by atoms with E-state index in [1.54, 1.807) is 6.20 Å². The molecule has 0 aliphatic heterocycles. The number of rotatable bonds is 8. The van der Waals surface area contributed by atoms with E-state index >= 15 is 0 Å². The summed E-state index contributed by atoms with van der Waals surface area (Å²) >= 11 is 0. The lowest BCUT2D eigenvalue weighted by molar-refractivity contribution is -0.146. The number of nitrogens with one attached hydrogen (secondary N) is 3. The zero-order valence-electron chi connectivity index (χ0n) is 11.3. The highest BCUT2D eigenvalue weighted by molar-refractivity contribution is 5.74. The van der Waals surface area contributed by atoms with Crippen molar-refractivity contribution in [2.75, 3.05) is 13.1 Å². The fraction of sp³-hybridized carbons (Fsp3) is 0.583. The molecule has 1 unspecified atom stereocenters. The Morgan fingerprint density at radius 3 is 2.70 bits per heavy atom. The summed E-state index contributed by atoms with van der Waals surface area (Å²) in [5, 5.41) is 29.3. The number of aryl methyl sites for hydroxylation is 2. The molecule has 0 saturated carbocycles. The van der Waals surface area contributed by atoms with Gasteiger partial charge in [-0.15, -0.1) is 0 Å². The summed E-state index contributed by atoms with van der Waals surface area (Å²) in [5.41, 5.74) is 2.15. The molecule has 112 valence electrons. The predicted octanol–water partition coefficient (Wildman–Crippen LogP) is -0.214. The van der Waals surface area contributed by atoms with Gasteiger partial charge in [0.2, 0.25) is 0 Å². The highest BCUT2D eigenvalue weighted by Gasteiger charge is 2.12. The number of carbonyl (C=O) groups is 2. The topological polar surface area (TPSA) is 127 Å². The lowest BCUT2D eigenvalue weighted by atomic mass is 10.1. The molecule has 1 heterocycles. The number of aliphatic carboxylic acids is 1. The maximum absolute atomic E-state index is 11.4. The monoisotopic (exact) mass is 284 g/mol. The average Bonchev–Trinajstić information content (AvgIpc) is 2.80. The van der Waals surface area contributed by atoms with Gasteiger partial charge in [0.05, 0.1) is 6.20 Å². The maximum Gasteiger partial charge on any atom is 0.332 e. The molecule has 1 rings (SSSR count). The second-order valence-corrected chi connectivity index (χ2v) is 4.45. The summed E-state index contributed by atoms with van der Waals surface area (Å²) < 4.78 is 0. The summed E-state index contributed by atoms with van der Waals surface area (Å²) in [6.07, 6.45) is 1.91. The van der Waals surface area contributed by atoms with Crippen LogP contribution in [-0.2, 0) is 11.2 Å². The van der Waals surface area contributed by atoms with Gasteiger partial charge >= 0.3 is 12.0 Å². The molecule has 0 spiro atoms. The van der Waals surface area contributed by atoms with E-state index in [0.717, 1.165) is 24.1 Å². The van der Waals surface area contributed by atoms with E-state index in [2.05, 4.69) is 20.8 Å². The van der Waals surface area contributed by atoms with Gasteiger partial charge in [-0.1, -0.05) is 0 Å². The van der Waals surface area contributed by atoms with Gasteiger partial charge in [0.1, 0.15) is 0 Å². The number of aliphatic hydroxyl groups is 1. The molecule has 0 saturated heterocycles. The molecule has 20 heavy (non-hydrogen) atoms. The van der Waals surface area contributed by atoms with Gasteiger partial charge in [-0.05, 0) is 25.3 Å². The number of aromatic amines is 1. The molecular formula is C12H20N4O4. The van der Waals surface area contributed by atoms with Crippen LogP contribution in [0.4, 0.5) is 4.79 Å². The third-order valence-corrected chi connectivity index (χ3v) is 2.83. The van der Waals surface area contributed by atoms with Crippen LogP contribution in [0.5, 0.6) is 0 Å². The van der Waals surface area contributed by atoms with Crippen LogP contribution in [-0.4, -0.2) is 51.6 Å². The van der Waals surface area contributed by atoms with Crippen molar-refractivity contribution in [2.45, 2.75) is 32.3 Å². The Morgan fingerprint density at radius 2 is 2.10 bits per heavy atom. The van der Waals surface area contributed by atoms with E-state index in [0.29, 0.717) is 6.54 Å². The minimum absolute atomic E-state index is 0.0169. The van der Waals surface area contributed by atoms with E-state index in [4.69, 9.17) is 10.2 Å². The smallest absolute Gasteiger partial charge is 0.332 e. The Morgan fingerprint density at radius 1 is 1.40 bits per heavy atom. The van der Waals surface area contributed by atoms with Gasteiger partial charge in [0, 0.05) is 25.2 Å². The number of aromatic nitrogens is 2. The van der Waals surface area contributed by atoms with Crippen molar-refractivity contribution in [1.82, 2.24) is 20.8 Å². The molecule has 0 radical (unpaired) electrons. The number of H-pyrrole nitrogens is 1.